The first-order chi connectivity index (χ1) is 17.6. The van der Waals surface area contributed by atoms with Gasteiger partial charge in [-0.15, -0.1) is 0 Å². The number of nitrogens with zero attached hydrogens (tertiary/aromatic N) is 5. The van der Waals surface area contributed by atoms with Crippen LogP contribution in [0.5, 0.6) is 5.75 Å². The maximum absolute atomic E-state index is 5.86. The quantitative estimate of drug-likeness (QED) is 0.435. The number of nitrogens with one attached hydrogen (secondary N) is 2. The van der Waals surface area contributed by atoms with Crippen molar-refractivity contribution in [1.82, 2.24) is 25.1 Å². The van der Waals surface area contributed by atoms with Crippen molar-refractivity contribution in [3.63, 3.8) is 0 Å². The third kappa shape index (κ3) is 8.05. The summed E-state index contributed by atoms with van der Waals surface area (Å²) >= 11 is 0. The second kappa shape index (κ2) is 13.8. The molecule has 1 saturated heterocycles. The molecule has 3 heterocycles. The van der Waals surface area contributed by atoms with E-state index in [0.717, 1.165) is 89.3 Å². The molecule has 2 aliphatic rings. The zero-order valence-electron chi connectivity index (χ0n) is 22.6. The van der Waals surface area contributed by atoms with Crippen molar-refractivity contribution in [2.75, 3.05) is 77.2 Å². The predicted octanol–water partition coefficient (Wildman–Crippen LogP) is 3.38. The normalized spacial score (nSPS) is 16.2. The highest BCUT2D eigenvalue weighted by Gasteiger charge is 2.22. The van der Waals surface area contributed by atoms with Crippen LogP contribution in [-0.2, 0) is 19.5 Å². The van der Waals surface area contributed by atoms with Crippen LogP contribution in [0.1, 0.15) is 48.9 Å². The summed E-state index contributed by atoms with van der Waals surface area (Å²) in [5.41, 5.74) is 3.80. The molecule has 0 spiro atoms. The van der Waals surface area contributed by atoms with E-state index >= 15 is 0 Å². The molecule has 2 aliphatic heterocycles. The molecule has 0 saturated carbocycles. The molecule has 8 heteroatoms. The summed E-state index contributed by atoms with van der Waals surface area (Å²) in [4.78, 5) is 16.9. The topological polar surface area (TPSA) is 68.8 Å². The number of aromatic nitrogens is 2. The Balaban J connectivity index is 1.27. The van der Waals surface area contributed by atoms with Gasteiger partial charge in [0.2, 0.25) is 5.95 Å². The molecule has 0 atom stereocenters. The number of hydrogen-bond donors (Lipinski definition) is 2. The average molecular weight is 496 g/mol. The first-order valence-electron chi connectivity index (χ1n) is 13.7. The Bertz CT molecular complexity index is 926. The van der Waals surface area contributed by atoms with Gasteiger partial charge in [-0.05, 0) is 58.1 Å². The van der Waals surface area contributed by atoms with Gasteiger partial charge in [0.1, 0.15) is 11.6 Å². The van der Waals surface area contributed by atoms with E-state index in [9.17, 15) is 0 Å². The smallest absolute Gasteiger partial charge is 0.224 e. The van der Waals surface area contributed by atoms with Gasteiger partial charge >= 0.3 is 0 Å². The SMILES string of the molecule is CN(C)CCCOc1ccc(CN(C)CCNc2nc3c(c(N4CCCCCC4)n2)CNCC3)cc1. The highest BCUT2D eigenvalue weighted by atomic mass is 16.5. The number of hydrogen-bond acceptors (Lipinski definition) is 8. The number of likely N-dealkylation sites (N-methyl/N-ethyl adjacent to an activating group) is 1. The number of anilines is 2. The van der Waals surface area contributed by atoms with Gasteiger partial charge in [0.05, 0.1) is 12.3 Å². The molecule has 1 aromatic heterocycles. The highest BCUT2D eigenvalue weighted by molar-refractivity contribution is 5.53. The first kappa shape index (κ1) is 26.6. The molecular weight excluding hydrogens is 450 g/mol. The largest absolute Gasteiger partial charge is 0.494 e. The van der Waals surface area contributed by atoms with E-state index in [0.29, 0.717) is 0 Å². The van der Waals surface area contributed by atoms with Crippen LogP contribution in [0.25, 0.3) is 0 Å². The monoisotopic (exact) mass is 495 g/mol. The number of benzene rings is 1. The maximum Gasteiger partial charge on any atom is 0.224 e. The van der Waals surface area contributed by atoms with Crippen molar-refractivity contribution in [3.8, 4) is 5.75 Å². The molecule has 0 amide bonds. The van der Waals surface area contributed by atoms with Crippen LogP contribution in [0.2, 0.25) is 0 Å². The molecule has 4 rings (SSSR count). The van der Waals surface area contributed by atoms with Crippen LogP contribution in [0.15, 0.2) is 24.3 Å². The lowest BCUT2D eigenvalue weighted by Gasteiger charge is -2.28. The molecule has 0 radical (unpaired) electrons. The predicted molar refractivity (Wildman–Crippen MR) is 148 cm³/mol. The highest BCUT2D eigenvalue weighted by Crippen LogP contribution is 2.27. The fourth-order valence-corrected chi connectivity index (χ4v) is 4.96. The van der Waals surface area contributed by atoms with Gasteiger partial charge in [0.15, 0.2) is 0 Å². The van der Waals surface area contributed by atoms with E-state index in [4.69, 9.17) is 14.7 Å². The molecule has 0 unspecified atom stereocenters. The van der Waals surface area contributed by atoms with Gasteiger partial charge in [-0.2, -0.15) is 4.98 Å². The van der Waals surface area contributed by atoms with E-state index in [1.165, 1.54) is 42.5 Å². The van der Waals surface area contributed by atoms with Crippen LogP contribution in [0.3, 0.4) is 0 Å². The summed E-state index contributed by atoms with van der Waals surface area (Å²) in [6.07, 6.45) is 7.17. The molecule has 1 fully saturated rings. The van der Waals surface area contributed by atoms with E-state index in [-0.39, 0.29) is 0 Å². The average Bonchev–Trinajstić information content (AvgIpc) is 3.17. The zero-order chi connectivity index (χ0) is 25.2. The standard InChI is InChI=1S/C28H45N7O/c1-33(2)16-8-20-36-24-11-9-23(10-12-24)22-34(3)19-15-30-28-31-26-13-14-29-21-25(26)27(32-28)35-17-6-4-5-7-18-35/h9-12,29H,4-8,13-22H2,1-3H3,(H,30,31,32). The minimum Gasteiger partial charge on any atom is -0.494 e. The summed E-state index contributed by atoms with van der Waals surface area (Å²) < 4.78 is 5.86. The van der Waals surface area contributed by atoms with Crippen LogP contribution in [0.4, 0.5) is 11.8 Å². The van der Waals surface area contributed by atoms with Gasteiger partial charge in [0, 0.05) is 64.3 Å². The van der Waals surface area contributed by atoms with Gasteiger partial charge in [0.25, 0.3) is 0 Å². The summed E-state index contributed by atoms with van der Waals surface area (Å²) in [5, 5.41) is 7.03. The first-order valence-corrected chi connectivity index (χ1v) is 13.7. The van der Waals surface area contributed by atoms with Crippen molar-refractivity contribution in [2.24, 2.45) is 0 Å². The van der Waals surface area contributed by atoms with Gasteiger partial charge < -0.3 is 30.1 Å². The number of rotatable bonds is 12. The van der Waals surface area contributed by atoms with E-state index < -0.39 is 0 Å². The van der Waals surface area contributed by atoms with Crippen molar-refractivity contribution < 1.29 is 4.74 Å². The van der Waals surface area contributed by atoms with Crippen LogP contribution >= 0.6 is 0 Å². The summed E-state index contributed by atoms with van der Waals surface area (Å²) in [5.74, 6) is 2.87. The molecule has 1 aromatic carbocycles. The van der Waals surface area contributed by atoms with Crippen molar-refractivity contribution in [2.45, 2.75) is 51.6 Å². The fourth-order valence-electron chi connectivity index (χ4n) is 4.96. The minimum atomic E-state index is 0.754. The molecule has 2 N–H and O–H groups in total. The van der Waals surface area contributed by atoms with Gasteiger partial charge in [-0.1, -0.05) is 25.0 Å². The van der Waals surface area contributed by atoms with Gasteiger partial charge in [-0.25, -0.2) is 4.98 Å². The molecule has 198 valence electrons. The van der Waals surface area contributed by atoms with Crippen molar-refractivity contribution in [1.29, 1.82) is 0 Å². The molecule has 8 nitrogen and oxygen atoms in total. The Morgan fingerprint density at radius 2 is 1.78 bits per heavy atom. The Kier molecular flexibility index (Phi) is 10.2. The molecule has 2 aromatic rings. The van der Waals surface area contributed by atoms with Crippen molar-refractivity contribution >= 4 is 11.8 Å². The maximum atomic E-state index is 5.86. The second-order valence-corrected chi connectivity index (χ2v) is 10.4. The van der Waals surface area contributed by atoms with E-state index in [1.54, 1.807) is 0 Å². The minimum absolute atomic E-state index is 0.754. The molecule has 36 heavy (non-hydrogen) atoms. The number of fused-ring (bicyclic) bond motifs is 1. The van der Waals surface area contributed by atoms with E-state index in [2.05, 4.69) is 70.7 Å². The Morgan fingerprint density at radius 1 is 1.00 bits per heavy atom. The summed E-state index contributed by atoms with van der Waals surface area (Å²) in [6, 6.07) is 8.49. The lowest BCUT2D eigenvalue weighted by molar-refractivity contribution is 0.281. The molecule has 0 bridgehead atoms. The van der Waals surface area contributed by atoms with Gasteiger partial charge in [-0.3, -0.25) is 0 Å². The zero-order valence-corrected chi connectivity index (χ0v) is 22.6. The van der Waals surface area contributed by atoms with Crippen molar-refractivity contribution in [3.05, 3.63) is 41.1 Å². The third-order valence-electron chi connectivity index (χ3n) is 6.99. The summed E-state index contributed by atoms with van der Waals surface area (Å²) in [6.45, 7) is 8.52. The van der Waals surface area contributed by atoms with Crippen LogP contribution in [-0.4, -0.2) is 86.8 Å². The molecule has 0 aliphatic carbocycles. The van der Waals surface area contributed by atoms with Crippen LogP contribution < -0.4 is 20.3 Å². The second-order valence-electron chi connectivity index (χ2n) is 10.4. The number of ether oxygens (including phenoxy) is 1. The van der Waals surface area contributed by atoms with Crippen LogP contribution in [0, 0.1) is 0 Å². The Labute approximate surface area is 217 Å². The fraction of sp³-hybridized carbons (Fsp3) is 0.643. The molecular formula is C28H45N7O. The third-order valence-corrected chi connectivity index (χ3v) is 6.99. The lowest BCUT2D eigenvalue weighted by atomic mass is 10.1. The lowest BCUT2D eigenvalue weighted by Crippen LogP contribution is -2.32. The Hall–Kier alpha value is -2.42. The van der Waals surface area contributed by atoms with E-state index in [1.807, 2.05) is 0 Å². The summed E-state index contributed by atoms with van der Waals surface area (Å²) in [7, 11) is 6.34. The Morgan fingerprint density at radius 3 is 2.53 bits per heavy atom.